The van der Waals surface area contributed by atoms with Crippen LogP contribution in [0, 0.1) is 0 Å². The van der Waals surface area contributed by atoms with Crippen molar-refractivity contribution in [1.29, 1.82) is 0 Å². The third-order valence-corrected chi connectivity index (χ3v) is 5.77. The number of hydrogen-bond acceptors (Lipinski definition) is 6. The molecule has 6 nitrogen and oxygen atoms in total. The number of ether oxygens (including phenoxy) is 4. The Hall–Kier alpha value is -2.02. The molecule has 0 bridgehead atoms. The predicted molar refractivity (Wildman–Crippen MR) is 101 cm³/mol. The van der Waals surface area contributed by atoms with Gasteiger partial charge >= 0.3 is 5.97 Å². The number of hydrogen-bond donors (Lipinski definition) is 0. The highest BCUT2D eigenvalue weighted by Crippen LogP contribution is 2.45. The SMILES string of the molecule is C=CC[C@@H]1O[C@@H](C=O)[C@H]2OC3(CCCCC3)OC2C1OC(=O)c1ccccc1. The van der Waals surface area contributed by atoms with Gasteiger partial charge in [0.1, 0.15) is 24.4 Å². The number of esters is 1. The lowest BCUT2D eigenvalue weighted by molar-refractivity contribution is -0.199. The summed E-state index contributed by atoms with van der Waals surface area (Å²) in [7, 11) is 0. The molecule has 2 unspecified atom stereocenters. The smallest absolute Gasteiger partial charge is 0.338 e. The topological polar surface area (TPSA) is 71.1 Å². The normalized spacial score (nSPS) is 33.8. The minimum atomic E-state index is -0.747. The first-order chi connectivity index (χ1) is 13.7. The second kappa shape index (κ2) is 8.15. The highest BCUT2D eigenvalue weighted by Gasteiger charge is 2.59. The third-order valence-electron chi connectivity index (χ3n) is 5.77. The highest BCUT2D eigenvalue weighted by atomic mass is 16.8. The molecule has 3 fully saturated rings. The average molecular weight is 386 g/mol. The van der Waals surface area contributed by atoms with Crippen LogP contribution in [0.15, 0.2) is 43.0 Å². The van der Waals surface area contributed by atoms with E-state index in [1.165, 1.54) is 0 Å². The van der Waals surface area contributed by atoms with Crippen LogP contribution in [0.3, 0.4) is 0 Å². The van der Waals surface area contributed by atoms with Crippen LogP contribution in [0.1, 0.15) is 48.9 Å². The lowest BCUT2D eigenvalue weighted by atomic mass is 9.93. The van der Waals surface area contributed by atoms with Gasteiger partial charge < -0.3 is 23.7 Å². The second-order valence-electron chi connectivity index (χ2n) is 7.67. The average Bonchev–Trinajstić information content (AvgIpc) is 3.09. The molecule has 1 saturated carbocycles. The van der Waals surface area contributed by atoms with Gasteiger partial charge in [-0.25, -0.2) is 4.79 Å². The number of rotatable bonds is 5. The van der Waals surface area contributed by atoms with E-state index in [4.69, 9.17) is 18.9 Å². The van der Waals surface area contributed by atoms with E-state index >= 15 is 0 Å². The monoisotopic (exact) mass is 386 g/mol. The zero-order chi connectivity index (χ0) is 19.6. The first kappa shape index (κ1) is 19.3. The minimum Gasteiger partial charge on any atom is -0.453 e. The van der Waals surface area contributed by atoms with Crippen molar-refractivity contribution < 1.29 is 28.5 Å². The summed E-state index contributed by atoms with van der Waals surface area (Å²) in [5.74, 6) is -1.15. The summed E-state index contributed by atoms with van der Waals surface area (Å²) < 4.78 is 24.4. The van der Waals surface area contributed by atoms with Gasteiger partial charge in [-0.15, -0.1) is 6.58 Å². The van der Waals surface area contributed by atoms with Crippen LogP contribution < -0.4 is 0 Å². The maximum atomic E-state index is 12.7. The van der Waals surface area contributed by atoms with E-state index in [9.17, 15) is 9.59 Å². The Labute approximate surface area is 164 Å². The molecule has 2 heterocycles. The number of benzene rings is 1. The molecule has 3 aliphatic rings. The standard InChI is InChI=1S/C22H26O6/c1-2-9-16-18(26-21(24)15-10-5-3-6-11-15)20-19(17(14-23)25-16)27-22(28-20)12-7-4-8-13-22/h2-3,5-6,10-11,14,16-20H,1,4,7-9,12-13H2/t16-,17-,18?,19+,20?/m0/s1. The summed E-state index contributed by atoms with van der Waals surface area (Å²) in [6, 6.07) is 8.81. The lowest BCUT2D eigenvalue weighted by Crippen LogP contribution is -2.58. The quantitative estimate of drug-likeness (QED) is 0.440. The first-order valence-corrected chi connectivity index (χ1v) is 9.99. The zero-order valence-electron chi connectivity index (χ0n) is 15.8. The van der Waals surface area contributed by atoms with Gasteiger partial charge in [0, 0.05) is 12.8 Å². The fraction of sp³-hybridized carbons (Fsp3) is 0.545. The number of fused-ring (bicyclic) bond motifs is 1. The van der Waals surface area contributed by atoms with Crippen LogP contribution in [0.25, 0.3) is 0 Å². The number of carbonyl (C=O) groups excluding carboxylic acids is 2. The molecule has 28 heavy (non-hydrogen) atoms. The van der Waals surface area contributed by atoms with E-state index in [1.54, 1.807) is 30.3 Å². The second-order valence-corrected chi connectivity index (χ2v) is 7.67. The van der Waals surface area contributed by atoms with Crippen molar-refractivity contribution in [1.82, 2.24) is 0 Å². The van der Waals surface area contributed by atoms with Crippen molar-refractivity contribution in [2.24, 2.45) is 0 Å². The Bertz CT molecular complexity index is 711. The Balaban J connectivity index is 1.60. The molecule has 1 aromatic rings. The van der Waals surface area contributed by atoms with Gasteiger partial charge in [0.15, 0.2) is 18.2 Å². The van der Waals surface area contributed by atoms with Gasteiger partial charge in [0.05, 0.1) is 5.56 Å². The van der Waals surface area contributed by atoms with Crippen molar-refractivity contribution in [2.45, 2.75) is 74.8 Å². The van der Waals surface area contributed by atoms with Crippen molar-refractivity contribution >= 4 is 12.3 Å². The van der Waals surface area contributed by atoms with Crippen LogP contribution >= 0.6 is 0 Å². The Morgan fingerprint density at radius 2 is 1.86 bits per heavy atom. The molecule has 0 N–H and O–H groups in total. The predicted octanol–water partition coefficient (Wildman–Crippen LogP) is 3.20. The molecular weight excluding hydrogens is 360 g/mol. The first-order valence-electron chi connectivity index (χ1n) is 9.99. The molecule has 150 valence electrons. The van der Waals surface area contributed by atoms with Crippen LogP contribution in [0.2, 0.25) is 0 Å². The maximum Gasteiger partial charge on any atom is 0.338 e. The number of carbonyl (C=O) groups is 2. The summed E-state index contributed by atoms with van der Waals surface area (Å²) in [5.41, 5.74) is 0.459. The van der Waals surface area contributed by atoms with E-state index in [0.717, 1.165) is 38.4 Å². The highest BCUT2D eigenvalue weighted by molar-refractivity contribution is 5.89. The Morgan fingerprint density at radius 1 is 1.14 bits per heavy atom. The van der Waals surface area contributed by atoms with Gasteiger partial charge in [0.25, 0.3) is 0 Å². The van der Waals surface area contributed by atoms with Crippen LogP contribution in [0.5, 0.6) is 0 Å². The maximum absolute atomic E-state index is 12.7. The molecule has 4 rings (SSSR count). The van der Waals surface area contributed by atoms with Gasteiger partial charge in [0.2, 0.25) is 0 Å². The molecule has 5 atom stereocenters. The van der Waals surface area contributed by atoms with Gasteiger partial charge in [-0.2, -0.15) is 0 Å². The molecule has 6 heteroatoms. The summed E-state index contributed by atoms with van der Waals surface area (Å²) in [5, 5.41) is 0. The van der Waals surface area contributed by atoms with Crippen LogP contribution in [0.4, 0.5) is 0 Å². The minimum absolute atomic E-state index is 0.441. The van der Waals surface area contributed by atoms with E-state index in [1.807, 2.05) is 6.07 Å². The van der Waals surface area contributed by atoms with Crippen LogP contribution in [-0.4, -0.2) is 48.6 Å². The summed E-state index contributed by atoms with van der Waals surface area (Å²) in [6.45, 7) is 3.77. The van der Waals surface area contributed by atoms with E-state index in [2.05, 4.69) is 6.58 Å². The van der Waals surface area contributed by atoms with E-state index in [0.29, 0.717) is 12.0 Å². The van der Waals surface area contributed by atoms with Crippen LogP contribution in [-0.2, 0) is 23.7 Å². The summed E-state index contributed by atoms with van der Waals surface area (Å²) in [4.78, 5) is 24.4. The van der Waals surface area contributed by atoms with Crippen molar-refractivity contribution in [2.75, 3.05) is 0 Å². The fourth-order valence-electron chi connectivity index (χ4n) is 4.43. The summed E-state index contributed by atoms with van der Waals surface area (Å²) in [6.07, 6.45) is 4.56. The molecule has 1 aromatic carbocycles. The largest absolute Gasteiger partial charge is 0.453 e. The van der Waals surface area contributed by atoms with Crippen molar-refractivity contribution in [3.63, 3.8) is 0 Å². The Morgan fingerprint density at radius 3 is 2.54 bits per heavy atom. The van der Waals surface area contributed by atoms with E-state index < -0.39 is 42.3 Å². The molecule has 0 amide bonds. The number of aldehydes is 1. The molecule has 0 radical (unpaired) electrons. The molecule has 2 aliphatic heterocycles. The molecular formula is C22H26O6. The molecule has 0 aromatic heterocycles. The fourth-order valence-corrected chi connectivity index (χ4v) is 4.43. The molecule has 2 saturated heterocycles. The van der Waals surface area contributed by atoms with Gasteiger partial charge in [-0.1, -0.05) is 30.7 Å². The summed E-state index contributed by atoms with van der Waals surface area (Å²) >= 11 is 0. The molecule has 1 spiro atoms. The Kier molecular flexibility index (Phi) is 5.62. The van der Waals surface area contributed by atoms with Crippen molar-refractivity contribution in [3.8, 4) is 0 Å². The van der Waals surface area contributed by atoms with Crippen molar-refractivity contribution in [3.05, 3.63) is 48.6 Å². The third kappa shape index (κ3) is 3.64. The van der Waals surface area contributed by atoms with Gasteiger partial charge in [-0.3, -0.25) is 0 Å². The lowest BCUT2D eigenvalue weighted by Gasteiger charge is -2.39. The van der Waals surface area contributed by atoms with Gasteiger partial charge in [-0.05, 0) is 31.4 Å². The zero-order valence-corrected chi connectivity index (χ0v) is 15.8. The molecule has 1 aliphatic carbocycles. The van der Waals surface area contributed by atoms with E-state index in [-0.39, 0.29) is 0 Å².